The van der Waals surface area contributed by atoms with E-state index in [2.05, 4.69) is 32.7 Å². The zero-order valence-electron chi connectivity index (χ0n) is 23.3. The Balaban J connectivity index is 1.37. The SMILES string of the molecule is COC(=O)c1[nH]c(C(C)(C)C)cc1NC(=O)Nc1ccc(-c2ccc(CN3CCOCC3)nc2)c2ccccc12. The molecule has 0 spiro atoms. The van der Waals surface area contributed by atoms with E-state index >= 15 is 0 Å². The number of H-pyrrole nitrogens is 1. The summed E-state index contributed by atoms with van der Waals surface area (Å²) in [7, 11) is 1.31. The molecule has 3 heterocycles. The van der Waals surface area contributed by atoms with Crippen molar-refractivity contribution in [3.05, 3.63) is 77.9 Å². The summed E-state index contributed by atoms with van der Waals surface area (Å²) in [4.78, 5) is 35.6. The molecular weight excluding hydrogens is 506 g/mol. The van der Waals surface area contributed by atoms with Gasteiger partial charge in [0.15, 0.2) is 0 Å². The Bertz CT molecular complexity index is 1520. The number of ether oxygens (including phenoxy) is 2. The van der Waals surface area contributed by atoms with Crippen molar-refractivity contribution in [2.75, 3.05) is 44.0 Å². The van der Waals surface area contributed by atoms with Gasteiger partial charge in [-0.15, -0.1) is 0 Å². The number of amides is 2. The van der Waals surface area contributed by atoms with Gasteiger partial charge in [-0.3, -0.25) is 9.88 Å². The Kier molecular flexibility index (Phi) is 7.86. The van der Waals surface area contributed by atoms with E-state index in [0.717, 1.165) is 66.1 Å². The highest BCUT2D eigenvalue weighted by atomic mass is 16.5. The zero-order chi connectivity index (χ0) is 28.3. The molecule has 5 rings (SSSR count). The average molecular weight is 542 g/mol. The number of fused-ring (bicyclic) bond motifs is 1. The number of esters is 1. The third-order valence-electron chi connectivity index (χ3n) is 7.06. The number of nitrogens with one attached hydrogen (secondary N) is 3. The molecule has 4 aromatic rings. The standard InChI is InChI=1S/C31H35N5O4/c1-31(2,3)27-17-26(28(35-27)29(37)39-4)34-30(38)33-25-12-11-22(23-7-5-6-8-24(23)25)20-9-10-21(32-18-20)19-36-13-15-40-16-14-36/h5-12,17-18,35H,13-16,19H2,1-4H3,(H2,33,34,38). The van der Waals surface area contributed by atoms with Crippen molar-refractivity contribution in [1.29, 1.82) is 0 Å². The molecule has 9 heteroatoms. The summed E-state index contributed by atoms with van der Waals surface area (Å²) in [6.45, 7) is 10.2. The molecule has 1 aliphatic rings. The van der Waals surface area contributed by atoms with Crippen molar-refractivity contribution in [2.45, 2.75) is 32.7 Å². The Morgan fingerprint density at radius 1 is 1.00 bits per heavy atom. The van der Waals surface area contributed by atoms with Crippen LogP contribution in [0.1, 0.15) is 42.6 Å². The molecule has 208 valence electrons. The lowest BCUT2D eigenvalue weighted by Gasteiger charge is -2.26. The molecule has 2 aromatic heterocycles. The number of pyridine rings is 1. The quantitative estimate of drug-likeness (QED) is 0.267. The summed E-state index contributed by atoms with van der Waals surface area (Å²) in [5.74, 6) is -0.551. The molecule has 40 heavy (non-hydrogen) atoms. The fourth-order valence-electron chi connectivity index (χ4n) is 4.82. The molecule has 2 aromatic carbocycles. The molecule has 9 nitrogen and oxygen atoms in total. The van der Waals surface area contributed by atoms with Crippen LogP contribution in [0.25, 0.3) is 21.9 Å². The Morgan fingerprint density at radius 2 is 1.73 bits per heavy atom. The van der Waals surface area contributed by atoms with E-state index in [9.17, 15) is 9.59 Å². The number of hydrogen-bond donors (Lipinski definition) is 3. The molecule has 1 fully saturated rings. The second-order valence-electron chi connectivity index (χ2n) is 10.9. The number of methoxy groups -OCH3 is 1. The number of rotatable bonds is 6. The maximum Gasteiger partial charge on any atom is 0.356 e. The monoisotopic (exact) mass is 541 g/mol. The molecule has 0 unspecified atom stereocenters. The summed E-state index contributed by atoms with van der Waals surface area (Å²) in [6.07, 6.45) is 1.91. The lowest BCUT2D eigenvalue weighted by Crippen LogP contribution is -2.35. The minimum Gasteiger partial charge on any atom is -0.464 e. The minimum absolute atomic E-state index is 0.201. The maximum atomic E-state index is 13.1. The zero-order valence-corrected chi connectivity index (χ0v) is 23.3. The minimum atomic E-state index is -0.551. The van der Waals surface area contributed by atoms with E-state index in [0.29, 0.717) is 11.4 Å². The number of aromatic amines is 1. The van der Waals surface area contributed by atoms with Crippen molar-refractivity contribution in [2.24, 2.45) is 0 Å². The van der Waals surface area contributed by atoms with Gasteiger partial charge in [0.1, 0.15) is 5.69 Å². The van der Waals surface area contributed by atoms with Crippen LogP contribution in [-0.4, -0.2) is 60.3 Å². The molecule has 0 aliphatic carbocycles. The number of urea groups is 1. The van der Waals surface area contributed by atoms with E-state index < -0.39 is 12.0 Å². The van der Waals surface area contributed by atoms with Crippen LogP contribution in [0.5, 0.6) is 0 Å². The first-order chi connectivity index (χ1) is 19.2. The fraction of sp³-hybridized carbons (Fsp3) is 0.323. The number of aromatic nitrogens is 2. The highest BCUT2D eigenvalue weighted by Crippen LogP contribution is 2.34. The number of morpholine rings is 1. The Morgan fingerprint density at radius 3 is 2.40 bits per heavy atom. The summed E-state index contributed by atoms with van der Waals surface area (Å²) >= 11 is 0. The van der Waals surface area contributed by atoms with Crippen LogP contribution in [0.3, 0.4) is 0 Å². The first-order valence-corrected chi connectivity index (χ1v) is 13.4. The van der Waals surface area contributed by atoms with Gasteiger partial charge in [-0.1, -0.05) is 57.2 Å². The van der Waals surface area contributed by atoms with Gasteiger partial charge in [0, 0.05) is 47.9 Å². The van der Waals surface area contributed by atoms with Gasteiger partial charge in [-0.2, -0.15) is 0 Å². The molecular formula is C31H35N5O4. The van der Waals surface area contributed by atoms with Crippen LogP contribution in [0.15, 0.2) is 60.8 Å². The van der Waals surface area contributed by atoms with Gasteiger partial charge in [0.25, 0.3) is 0 Å². The molecule has 1 aliphatic heterocycles. The van der Waals surface area contributed by atoms with Crippen LogP contribution < -0.4 is 10.6 Å². The van der Waals surface area contributed by atoms with Gasteiger partial charge < -0.3 is 25.1 Å². The number of carbonyl (C=O) groups is 2. The first kappa shape index (κ1) is 27.4. The number of nitrogens with zero attached hydrogens (tertiary/aromatic N) is 2. The summed E-state index contributed by atoms with van der Waals surface area (Å²) in [5.41, 5.74) is 4.83. The van der Waals surface area contributed by atoms with Gasteiger partial charge >= 0.3 is 12.0 Å². The van der Waals surface area contributed by atoms with Crippen LogP contribution in [-0.2, 0) is 21.4 Å². The molecule has 0 saturated carbocycles. The van der Waals surface area contributed by atoms with Crippen molar-refractivity contribution in [3.63, 3.8) is 0 Å². The highest BCUT2D eigenvalue weighted by molar-refractivity contribution is 6.11. The molecule has 0 radical (unpaired) electrons. The third kappa shape index (κ3) is 6.00. The number of benzene rings is 2. The Labute approximate surface area is 233 Å². The van der Waals surface area contributed by atoms with E-state index in [4.69, 9.17) is 14.5 Å². The predicted octanol–water partition coefficient (Wildman–Crippen LogP) is 5.79. The number of carbonyl (C=O) groups excluding carboxylic acids is 2. The van der Waals surface area contributed by atoms with Crippen molar-refractivity contribution in [1.82, 2.24) is 14.9 Å². The van der Waals surface area contributed by atoms with Crippen molar-refractivity contribution in [3.8, 4) is 11.1 Å². The normalized spacial score (nSPS) is 14.2. The maximum absolute atomic E-state index is 13.1. The molecule has 0 bridgehead atoms. The number of anilines is 2. The van der Waals surface area contributed by atoms with Gasteiger partial charge in [0.2, 0.25) is 0 Å². The predicted molar refractivity (Wildman–Crippen MR) is 157 cm³/mol. The van der Waals surface area contributed by atoms with E-state index in [1.165, 1.54) is 7.11 Å². The van der Waals surface area contributed by atoms with Crippen LogP contribution >= 0.6 is 0 Å². The fourth-order valence-corrected chi connectivity index (χ4v) is 4.82. The summed E-state index contributed by atoms with van der Waals surface area (Å²) in [6, 6.07) is 17.3. The summed E-state index contributed by atoms with van der Waals surface area (Å²) < 4.78 is 10.3. The van der Waals surface area contributed by atoms with Crippen LogP contribution in [0.4, 0.5) is 16.2 Å². The summed E-state index contributed by atoms with van der Waals surface area (Å²) in [5, 5.41) is 7.65. The van der Waals surface area contributed by atoms with Crippen LogP contribution in [0, 0.1) is 0 Å². The number of hydrogen-bond acceptors (Lipinski definition) is 6. The van der Waals surface area contributed by atoms with E-state index in [1.807, 2.05) is 63.4 Å². The average Bonchev–Trinajstić information content (AvgIpc) is 3.38. The third-order valence-corrected chi connectivity index (χ3v) is 7.06. The topological polar surface area (TPSA) is 109 Å². The lowest BCUT2D eigenvalue weighted by atomic mass is 9.92. The van der Waals surface area contributed by atoms with E-state index in [1.54, 1.807) is 6.07 Å². The molecule has 3 N–H and O–H groups in total. The van der Waals surface area contributed by atoms with E-state index in [-0.39, 0.29) is 11.1 Å². The van der Waals surface area contributed by atoms with Gasteiger partial charge in [0.05, 0.1) is 37.4 Å². The highest BCUT2D eigenvalue weighted by Gasteiger charge is 2.24. The van der Waals surface area contributed by atoms with Gasteiger partial charge in [-0.25, -0.2) is 9.59 Å². The molecule has 1 saturated heterocycles. The lowest BCUT2D eigenvalue weighted by molar-refractivity contribution is 0.0336. The van der Waals surface area contributed by atoms with Crippen molar-refractivity contribution >= 4 is 34.1 Å². The molecule has 0 atom stereocenters. The smallest absolute Gasteiger partial charge is 0.356 e. The second kappa shape index (κ2) is 11.5. The van der Waals surface area contributed by atoms with Gasteiger partial charge in [-0.05, 0) is 29.1 Å². The first-order valence-electron chi connectivity index (χ1n) is 13.4. The van der Waals surface area contributed by atoms with Crippen LogP contribution in [0.2, 0.25) is 0 Å². The molecule has 2 amide bonds. The van der Waals surface area contributed by atoms with Crippen molar-refractivity contribution < 1.29 is 19.1 Å². The largest absolute Gasteiger partial charge is 0.464 e. The second-order valence-corrected chi connectivity index (χ2v) is 10.9. The Hall–Kier alpha value is -4.21.